The first-order valence-corrected chi connectivity index (χ1v) is 12.6. The lowest BCUT2D eigenvalue weighted by Crippen LogP contribution is -2.40. The summed E-state index contributed by atoms with van der Waals surface area (Å²) in [6.45, 7) is 2.24. The molecule has 2 heterocycles. The summed E-state index contributed by atoms with van der Waals surface area (Å²) in [4.78, 5) is 12.6. The number of rotatable bonds is 7. The number of nitrogens with one attached hydrogen (secondary N) is 2. The number of ether oxygens (including phenoxy) is 1. The lowest BCUT2D eigenvalue weighted by Gasteiger charge is -2.25. The zero-order valence-electron chi connectivity index (χ0n) is 15.9. The quantitative estimate of drug-likeness (QED) is 0.617. The SMILES string of the molecule is Cc1sc(S(=O)(=O)N2CCOCC2)cc1NC(=O)CNS(=O)(=O)c1ccc(F)cc1. The monoisotopic (exact) mass is 477 g/mol. The van der Waals surface area contributed by atoms with E-state index in [4.69, 9.17) is 4.74 Å². The van der Waals surface area contributed by atoms with Gasteiger partial charge < -0.3 is 10.1 Å². The highest BCUT2D eigenvalue weighted by Gasteiger charge is 2.29. The van der Waals surface area contributed by atoms with E-state index < -0.39 is 38.3 Å². The molecular weight excluding hydrogens is 457 g/mol. The van der Waals surface area contributed by atoms with Gasteiger partial charge >= 0.3 is 0 Å². The van der Waals surface area contributed by atoms with Gasteiger partial charge in [-0.2, -0.15) is 4.31 Å². The van der Waals surface area contributed by atoms with Gasteiger partial charge in [0.05, 0.1) is 30.3 Å². The molecule has 1 aromatic carbocycles. The minimum atomic E-state index is -4.00. The number of morpholine rings is 1. The molecule has 0 bridgehead atoms. The number of hydrogen-bond acceptors (Lipinski definition) is 7. The second-order valence-electron chi connectivity index (χ2n) is 6.38. The van der Waals surface area contributed by atoms with Crippen molar-refractivity contribution in [1.29, 1.82) is 0 Å². The Labute approximate surface area is 177 Å². The first kappa shape index (κ1) is 22.8. The number of sulfonamides is 2. The Balaban J connectivity index is 1.65. The Morgan fingerprint density at radius 1 is 1.17 bits per heavy atom. The molecule has 30 heavy (non-hydrogen) atoms. The number of hydrogen-bond donors (Lipinski definition) is 2. The maximum Gasteiger partial charge on any atom is 0.252 e. The van der Waals surface area contributed by atoms with Gasteiger partial charge in [-0.05, 0) is 37.3 Å². The van der Waals surface area contributed by atoms with Crippen LogP contribution in [-0.2, 0) is 29.6 Å². The van der Waals surface area contributed by atoms with Crippen molar-refractivity contribution in [3.8, 4) is 0 Å². The normalized spacial score (nSPS) is 15.8. The van der Waals surface area contributed by atoms with Gasteiger partial charge in [0.15, 0.2) is 0 Å². The van der Waals surface area contributed by atoms with Gasteiger partial charge in [-0.1, -0.05) is 0 Å². The summed E-state index contributed by atoms with van der Waals surface area (Å²) in [5.74, 6) is -1.25. The van der Waals surface area contributed by atoms with Gasteiger partial charge in [-0.15, -0.1) is 11.3 Å². The van der Waals surface area contributed by atoms with Crippen molar-refractivity contribution < 1.29 is 30.8 Å². The summed E-state index contributed by atoms with van der Waals surface area (Å²) in [5.41, 5.74) is 0.290. The van der Waals surface area contributed by atoms with Gasteiger partial charge in [0.25, 0.3) is 10.0 Å². The average Bonchev–Trinajstić information content (AvgIpc) is 3.08. The third-order valence-corrected chi connectivity index (χ3v) is 9.10. The molecule has 0 unspecified atom stereocenters. The Morgan fingerprint density at radius 2 is 1.80 bits per heavy atom. The fourth-order valence-electron chi connectivity index (χ4n) is 2.67. The first-order valence-electron chi connectivity index (χ1n) is 8.83. The highest BCUT2D eigenvalue weighted by atomic mass is 32.2. The molecule has 0 spiro atoms. The van der Waals surface area contributed by atoms with Crippen LogP contribution in [0.25, 0.3) is 0 Å². The summed E-state index contributed by atoms with van der Waals surface area (Å²) < 4.78 is 71.4. The Hall–Kier alpha value is -1.90. The number of anilines is 1. The van der Waals surface area contributed by atoms with Gasteiger partial charge in [0.2, 0.25) is 15.9 Å². The summed E-state index contributed by atoms with van der Waals surface area (Å²) in [6, 6.07) is 5.53. The second kappa shape index (κ2) is 9.08. The third-order valence-electron chi connectivity index (χ3n) is 4.28. The molecule has 13 heteroatoms. The first-order chi connectivity index (χ1) is 14.1. The maximum absolute atomic E-state index is 12.9. The molecule has 0 aliphatic carbocycles. The van der Waals surface area contributed by atoms with Crippen molar-refractivity contribution in [1.82, 2.24) is 9.03 Å². The van der Waals surface area contributed by atoms with Crippen LogP contribution < -0.4 is 10.0 Å². The molecule has 1 fully saturated rings. The minimum absolute atomic E-state index is 0.0871. The summed E-state index contributed by atoms with van der Waals surface area (Å²) in [6.07, 6.45) is 0. The molecular formula is C17H20FN3O6S3. The fourth-order valence-corrected chi connectivity index (χ4v) is 6.62. The molecule has 0 atom stereocenters. The summed E-state index contributed by atoms with van der Waals surface area (Å²) >= 11 is 1.02. The van der Waals surface area contributed by atoms with Gasteiger partial charge in [-0.25, -0.2) is 25.9 Å². The molecule has 164 valence electrons. The summed E-state index contributed by atoms with van der Waals surface area (Å²) in [5, 5.41) is 2.52. The van der Waals surface area contributed by atoms with Crippen LogP contribution >= 0.6 is 11.3 Å². The number of amides is 1. The van der Waals surface area contributed by atoms with Crippen LogP contribution in [0.2, 0.25) is 0 Å². The number of halogens is 1. The molecule has 0 saturated carbocycles. The van der Waals surface area contributed by atoms with Gasteiger partial charge in [0, 0.05) is 18.0 Å². The number of carbonyl (C=O) groups excluding carboxylic acids is 1. The van der Waals surface area contributed by atoms with Gasteiger partial charge in [-0.3, -0.25) is 4.79 Å². The molecule has 1 saturated heterocycles. The second-order valence-corrected chi connectivity index (χ2v) is 11.6. The smallest absolute Gasteiger partial charge is 0.252 e. The van der Waals surface area contributed by atoms with Gasteiger partial charge in [0.1, 0.15) is 10.0 Å². The Morgan fingerprint density at radius 3 is 2.43 bits per heavy atom. The van der Waals surface area contributed by atoms with E-state index in [0.717, 1.165) is 35.6 Å². The van der Waals surface area contributed by atoms with E-state index in [0.29, 0.717) is 18.1 Å². The molecule has 1 aliphatic rings. The molecule has 9 nitrogen and oxygen atoms in total. The summed E-state index contributed by atoms with van der Waals surface area (Å²) in [7, 11) is -7.69. The minimum Gasteiger partial charge on any atom is -0.379 e. The van der Waals surface area contributed by atoms with Crippen LogP contribution in [0.3, 0.4) is 0 Å². The fraction of sp³-hybridized carbons (Fsp3) is 0.353. The van der Waals surface area contributed by atoms with E-state index >= 15 is 0 Å². The lowest BCUT2D eigenvalue weighted by molar-refractivity contribution is -0.115. The van der Waals surface area contributed by atoms with Crippen molar-refractivity contribution in [3.05, 3.63) is 41.0 Å². The van der Waals surface area contributed by atoms with Crippen molar-refractivity contribution in [2.45, 2.75) is 16.0 Å². The molecule has 3 rings (SSSR count). The van der Waals surface area contributed by atoms with Crippen LogP contribution in [0.15, 0.2) is 39.4 Å². The lowest BCUT2D eigenvalue weighted by atomic mass is 10.4. The average molecular weight is 478 g/mol. The molecule has 1 aromatic heterocycles. The number of nitrogens with zero attached hydrogens (tertiary/aromatic N) is 1. The van der Waals surface area contributed by atoms with Crippen molar-refractivity contribution in [2.24, 2.45) is 0 Å². The van der Waals surface area contributed by atoms with E-state index in [-0.39, 0.29) is 27.9 Å². The predicted octanol–water partition coefficient (Wildman–Crippen LogP) is 1.13. The zero-order chi connectivity index (χ0) is 21.9. The zero-order valence-corrected chi connectivity index (χ0v) is 18.4. The largest absolute Gasteiger partial charge is 0.379 e. The van der Waals surface area contributed by atoms with E-state index in [2.05, 4.69) is 10.0 Å². The molecule has 2 N–H and O–H groups in total. The number of carbonyl (C=O) groups is 1. The van der Waals surface area contributed by atoms with Crippen molar-refractivity contribution >= 4 is 43.0 Å². The standard InChI is InChI=1S/C17H20FN3O6S3/c1-12-15(10-17(28-12)30(25,26)21-6-8-27-9-7-21)20-16(22)11-19-29(23,24)14-4-2-13(18)3-5-14/h2-5,10,19H,6-9,11H2,1H3,(H,20,22). The number of benzene rings is 1. The highest BCUT2D eigenvalue weighted by Crippen LogP contribution is 2.32. The molecule has 0 radical (unpaired) electrons. The molecule has 1 aliphatic heterocycles. The van der Waals surface area contributed by atoms with Crippen molar-refractivity contribution in [3.63, 3.8) is 0 Å². The van der Waals surface area contributed by atoms with Crippen LogP contribution in [0.1, 0.15) is 4.88 Å². The van der Waals surface area contributed by atoms with E-state index in [1.54, 1.807) is 6.92 Å². The third kappa shape index (κ3) is 5.22. The Kier molecular flexibility index (Phi) is 6.89. The predicted molar refractivity (Wildman–Crippen MR) is 109 cm³/mol. The van der Waals surface area contributed by atoms with Crippen LogP contribution in [0.4, 0.5) is 10.1 Å². The van der Waals surface area contributed by atoms with Crippen LogP contribution in [-0.4, -0.2) is 59.9 Å². The highest BCUT2D eigenvalue weighted by molar-refractivity contribution is 7.91. The number of aryl methyl sites for hydroxylation is 1. The van der Waals surface area contributed by atoms with Crippen LogP contribution in [0, 0.1) is 12.7 Å². The maximum atomic E-state index is 12.9. The van der Waals surface area contributed by atoms with Crippen molar-refractivity contribution in [2.75, 3.05) is 38.2 Å². The van der Waals surface area contributed by atoms with E-state index in [1.807, 2.05) is 0 Å². The van der Waals surface area contributed by atoms with Crippen LogP contribution in [0.5, 0.6) is 0 Å². The molecule has 1 amide bonds. The van der Waals surface area contributed by atoms with E-state index in [9.17, 15) is 26.0 Å². The molecule has 2 aromatic rings. The topological polar surface area (TPSA) is 122 Å². The number of thiophene rings is 1. The van der Waals surface area contributed by atoms with E-state index in [1.165, 1.54) is 10.4 Å². The Bertz CT molecular complexity index is 1120.